The van der Waals surface area contributed by atoms with Gasteiger partial charge >= 0.3 is 0 Å². The lowest BCUT2D eigenvalue weighted by Crippen LogP contribution is -2.30. The van der Waals surface area contributed by atoms with E-state index >= 15 is 0 Å². The first-order valence-electron chi connectivity index (χ1n) is 7.71. The van der Waals surface area contributed by atoms with Gasteiger partial charge in [-0.15, -0.1) is 0 Å². The van der Waals surface area contributed by atoms with E-state index < -0.39 is 7.59 Å². The molecule has 1 heterocycles. The van der Waals surface area contributed by atoms with Crippen LogP contribution in [0.25, 0.3) is 0 Å². The molecule has 1 saturated heterocycles. The predicted octanol–water partition coefficient (Wildman–Crippen LogP) is 5.73. The number of rotatable bonds is 3. The topological polar surface area (TPSA) is 32.3 Å². The Balaban J connectivity index is 2.56. The monoisotopic (exact) mass is 451 g/mol. The molecule has 0 aliphatic carbocycles. The van der Waals surface area contributed by atoms with Gasteiger partial charge in [0.2, 0.25) is 7.59 Å². The summed E-state index contributed by atoms with van der Waals surface area (Å²) < 4.78 is -3.40. The van der Waals surface area contributed by atoms with Crippen molar-refractivity contribution in [2.24, 2.45) is 0 Å². The summed E-state index contributed by atoms with van der Waals surface area (Å²) in [4.78, 5) is 0. The van der Waals surface area contributed by atoms with Crippen molar-refractivity contribution in [1.29, 1.82) is 0 Å². The average Bonchev–Trinajstić information content (AvgIpc) is 2.72. The molecule has 0 aromatic heterocycles. The fourth-order valence-electron chi connectivity index (χ4n) is 3.38. The first-order valence-corrected chi connectivity index (χ1v) is 9.97. The highest BCUT2D eigenvalue weighted by Crippen LogP contribution is 2.50. The molecule has 0 amide bonds. The SMILES string of the molecule is OCCC1(c2ccc(C(Cl)(Cl)Cl)c(C(Cl)(Cl)Cl)c2)CCCNCC1. The molecule has 0 saturated carbocycles. The van der Waals surface area contributed by atoms with Gasteiger partial charge in [-0.2, -0.15) is 0 Å². The van der Waals surface area contributed by atoms with Crippen molar-refractivity contribution in [1.82, 2.24) is 5.32 Å². The zero-order valence-electron chi connectivity index (χ0n) is 12.9. The predicted molar refractivity (Wildman–Crippen MR) is 105 cm³/mol. The van der Waals surface area contributed by atoms with Gasteiger partial charge in [0.05, 0.1) is 0 Å². The van der Waals surface area contributed by atoms with Crippen molar-refractivity contribution in [3.63, 3.8) is 0 Å². The van der Waals surface area contributed by atoms with Crippen LogP contribution in [0.5, 0.6) is 0 Å². The molecule has 2 nitrogen and oxygen atoms in total. The summed E-state index contributed by atoms with van der Waals surface area (Å²) in [5.41, 5.74) is 1.52. The molecule has 1 aliphatic rings. The van der Waals surface area contributed by atoms with E-state index in [9.17, 15) is 5.11 Å². The Morgan fingerprint density at radius 3 is 2.21 bits per heavy atom. The zero-order chi connectivity index (χ0) is 18.0. The lowest BCUT2D eigenvalue weighted by molar-refractivity contribution is 0.224. The molecule has 1 unspecified atom stereocenters. The standard InChI is InChI=1S/C16H19Cl6NO/c17-15(18,19)12-3-2-11(10-13(12)16(20,21)22)14(6-9-24)4-1-7-23-8-5-14/h2-3,10,23-24H,1,4-9H2. The van der Waals surface area contributed by atoms with Crippen LogP contribution < -0.4 is 5.32 Å². The van der Waals surface area contributed by atoms with Gasteiger partial charge in [0.15, 0.2) is 0 Å². The van der Waals surface area contributed by atoms with Crippen LogP contribution in [0, 0.1) is 0 Å². The van der Waals surface area contributed by atoms with Gasteiger partial charge in [-0.25, -0.2) is 0 Å². The molecule has 0 radical (unpaired) electrons. The maximum Gasteiger partial charge on any atom is 0.216 e. The molecule has 1 aliphatic heterocycles. The number of aliphatic hydroxyl groups excluding tert-OH is 1. The van der Waals surface area contributed by atoms with E-state index in [0.29, 0.717) is 17.5 Å². The van der Waals surface area contributed by atoms with Crippen LogP contribution in [-0.2, 0) is 13.0 Å². The Morgan fingerprint density at radius 1 is 0.958 bits per heavy atom. The summed E-state index contributed by atoms with van der Waals surface area (Å²) >= 11 is 36.5. The molecule has 1 aromatic carbocycles. The molecule has 1 aromatic rings. The number of hydrogen-bond donors (Lipinski definition) is 2. The number of alkyl halides is 6. The summed E-state index contributed by atoms with van der Waals surface area (Å²) in [6.45, 7) is 1.92. The molecule has 1 fully saturated rings. The number of hydrogen-bond acceptors (Lipinski definition) is 2. The minimum Gasteiger partial charge on any atom is -0.396 e. The Kier molecular flexibility index (Phi) is 7.30. The van der Waals surface area contributed by atoms with E-state index in [0.717, 1.165) is 37.9 Å². The largest absolute Gasteiger partial charge is 0.396 e. The van der Waals surface area contributed by atoms with Gasteiger partial charge in [-0.3, -0.25) is 0 Å². The van der Waals surface area contributed by atoms with E-state index in [1.807, 2.05) is 12.1 Å². The van der Waals surface area contributed by atoms with Gasteiger partial charge < -0.3 is 10.4 Å². The maximum atomic E-state index is 9.59. The van der Waals surface area contributed by atoms with E-state index in [1.54, 1.807) is 6.07 Å². The van der Waals surface area contributed by atoms with Crippen molar-refractivity contribution in [3.05, 3.63) is 34.9 Å². The fourth-order valence-corrected chi connectivity index (χ4v) is 4.35. The Hall–Kier alpha value is 0.880. The van der Waals surface area contributed by atoms with Crippen LogP contribution in [0.2, 0.25) is 0 Å². The molecule has 2 rings (SSSR count). The maximum absolute atomic E-state index is 9.59. The number of benzene rings is 1. The van der Waals surface area contributed by atoms with E-state index in [4.69, 9.17) is 69.6 Å². The average molecular weight is 454 g/mol. The van der Waals surface area contributed by atoms with Crippen molar-refractivity contribution in [2.75, 3.05) is 19.7 Å². The molecule has 2 N–H and O–H groups in total. The quantitative estimate of drug-likeness (QED) is 0.572. The molecule has 8 heteroatoms. The lowest BCUT2D eigenvalue weighted by Gasteiger charge is -2.34. The third kappa shape index (κ3) is 4.98. The number of aliphatic hydroxyl groups is 1. The fraction of sp³-hybridized carbons (Fsp3) is 0.625. The second-order valence-corrected chi connectivity index (χ2v) is 10.7. The van der Waals surface area contributed by atoms with E-state index in [-0.39, 0.29) is 12.0 Å². The highest BCUT2D eigenvalue weighted by molar-refractivity contribution is 6.69. The third-order valence-electron chi connectivity index (χ3n) is 4.62. The summed E-state index contributed by atoms with van der Waals surface area (Å²) in [5.74, 6) is 0. The minimum atomic E-state index is -1.71. The van der Waals surface area contributed by atoms with Gasteiger partial charge in [0.25, 0.3) is 0 Å². The summed E-state index contributed by atoms with van der Waals surface area (Å²) in [5, 5.41) is 13.0. The molecule has 0 bridgehead atoms. The van der Waals surface area contributed by atoms with Crippen LogP contribution >= 0.6 is 69.6 Å². The van der Waals surface area contributed by atoms with E-state index in [2.05, 4.69) is 5.32 Å². The normalized spacial score (nSPS) is 23.1. The number of halogens is 6. The Morgan fingerprint density at radius 2 is 1.62 bits per heavy atom. The zero-order valence-corrected chi connectivity index (χ0v) is 17.4. The van der Waals surface area contributed by atoms with Crippen molar-refractivity contribution in [2.45, 2.75) is 38.7 Å². The molecular weight excluding hydrogens is 435 g/mol. The highest BCUT2D eigenvalue weighted by atomic mass is 35.6. The van der Waals surface area contributed by atoms with Gasteiger partial charge in [0, 0.05) is 17.7 Å². The second kappa shape index (κ2) is 8.27. The van der Waals surface area contributed by atoms with Crippen molar-refractivity contribution < 1.29 is 5.11 Å². The second-order valence-electron chi connectivity index (χ2n) is 6.11. The molecule has 0 spiro atoms. The lowest BCUT2D eigenvalue weighted by atomic mass is 9.71. The number of nitrogens with one attached hydrogen (secondary N) is 1. The minimum absolute atomic E-state index is 0.0926. The molecule has 24 heavy (non-hydrogen) atoms. The summed E-state index contributed by atoms with van der Waals surface area (Å²) in [6, 6.07) is 5.43. The van der Waals surface area contributed by atoms with Crippen molar-refractivity contribution in [3.8, 4) is 0 Å². The first kappa shape index (κ1) is 21.2. The van der Waals surface area contributed by atoms with Crippen LogP contribution in [0.4, 0.5) is 0 Å². The smallest absolute Gasteiger partial charge is 0.216 e. The van der Waals surface area contributed by atoms with Crippen LogP contribution in [-0.4, -0.2) is 24.8 Å². The summed E-state index contributed by atoms with van der Waals surface area (Å²) in [7, 11) is 0. The van der Waals surface area contributed by atoms with Crippen LogP contribution in [0.1, 0.15) is 42.4 Å². The van der Waals surface area contributed by atoms with Crippen LogP contribution in [0.15, 0.2) is 18.2 Å². The third-order valence-corrected chi connectivity index (χ3v) is 5.84. The highest BCUT2D eigenvalue weighted by Gasteiger charge is 2.38. The van der Waals surface area contributed by atoms with Gasteiger partial charge in [-0.05, 0) is 49.8 Å². The van der Waals surface area contributed by atoms with Crippen LogP contribution in [0.3, 0.4) is 0 Å². The van der Waals surface area contributed by atoms with E-state index in [1.165, 1.54) is 0 Å². The Labute approximate surface area is 172 Å². The molecule has 136 valence electrons. The summed E-state index contributed by atoms with van der Waals surface area (Å²) in [6.07, 6.45) is 3.48. The van der Waals surface area contributed by atoms with Gasteiger partial charge in [-0.1, -0.05) is 87.8 Å². The Bertz CT molecular complexity index is 559. The van der Waals surface area contributed by atoms with Crippen molar-refractivity contribution >= 4 is 69.6 Å². The van der Waals surface area contributed by atoms with Gasteiger partial charge in [0.1, 0.15) is 0 Å². The first-order chi connectivity index (χ1) is 11.1. The molecule has 1 atom stereocenters. The molecular formula is C16H19Cl6NO.